The van der Waals surface area contributed by atoms with Crippen LogP contribution in [-0.4, -0.2) is 6.04 Å². The van der Waals surface area contributed by atoms with Gasteiger partial charge in [0.1, 0.15) is 5.82 Å². The molecule has 3 heteroatoms. The molecule has 0 heterocycles. The van der Waals surface area contributed by atoms with Crippen molar-refractivity contribution in [3.63, 3.8) is 0 Å². The molecule has 3 rings (SSSR count). The molecule has 1 aliphatic rings. The Morgan fingerprint density at radius 2 is 1.90 bits per heavy atom. The molecular weight excluding hydrogens is 273 g/mol. The summed E-state index contributed by atoms with van der Waals surface area (Å²) in [4.78, 5) is 0. The van der Waals surface area contributed by atoms with E-state index in [0.29, 0.717) is 6.04 Å². The Morgan fingerprint density at radius 3 is 2.70 bits per heavy atom. The van der Waals surface area contributed by atoms with Crippen LogP contribution in [-0.2, 0) is 12.8 Å². The Hall–Kier alpha value is -1.38. The summed E-state index contributed by atoms with van der Waals surface area (Å²) in [6.07, 6.45) is 1.93. The molecular formula is C17H17ClFN. The van der Waals surface area contributed by atoms with Crippen molar-refractivity contribution in [2.24, 2.45) is 0 Å². The molecule has 20 heavy (non-hydrogen) atoms. The highest BCUT2D eigenvalue weighted by Crippen LogP contribution is 2.27. The van der Waals surface area contributed by atoms with Crippen LogP contribution in [0.1, 0.15) is 29.7 Å². The predicted octanol–water partition coefficient (Wildman–Crippen LogP) is 4.30. The molecule has 0 amide bonds. The van der Waals surface area contributed by atoms with E-state index in [1.807, 2.05) is 31.2 Å². The van der Waals surface area contributed by atoms with E-state index in [-0.39, 0.29) is 11.9 Å². The van der Waals surface area contributed by atoms with Crippen LogP contribution < -0.4 is 5.32 Å². The number of rotatable bonds is 3. The third kappa shape index (κ3) is 2.72. The van der Waals surface area contributed by atoms with Crippen LogP contribution in [0.15, 0.2) is 42.5 Å². The topological polar surface area (TPSA) is 12.0 Å². The van der Waals surface area contributed by atoms with Gasteiger partial charge in [-0.3, -0.25) is 0 Å². The first-order valence-electron chi connectivity index (χ1n) is 6.91. The summed E-state index contributed by atoms with van der Waals surface area (Å²) in [5.74, 6) is -0.147. The van der Waals surface area contributed by atoms with Crippen molar-refractivity contribution in [3.8, 4) is 0 Å². The average molecular weight is 290 g/mol. The van der Waals surface area contributed by atoms with Crippen LogP contribution in [0.4, 0.5) is 4.39 Å². The van der Waals surface area contributed by atoms with E-state index in [2.05, 4.69) is 11.4 Å². The minimum absolute atomic E-state index is 0.00554. The molecule has 0 saturated carbocycles. The molecule has 1 unspecified atom stereocenters. The highest BCUT2D eigenvalue weighted by Gasteiger charge is 2.23. The largest absolute Gasteiger partial charge is 0.307 e. The molecule has 2 aromatic carbocycles. The van der Waals surface area contributed by atoms with E-state index < -0.39 is 0 Å². The summed E-state index contributed by atoms with van der Waals surface area (Å²) in [7, 11) is 0. The molecule has 104 valence electrons. The summed E-state index contributed by atoms with van der Waals surface area (Å²) < 4.78 is 13.8. The second kappa shape index (κ2) is 5.55. The van der Waals surface area contributed by atoms with Gasteiger partial charge in [0.2, 0.25) is 0 Å². The van der Waals surface area contributed by atoms with Gasteiger partial charge >= 0.3 is 0 Å². The van der Waals surface area contributed by atoms with Crippen molar-refractivity contribution in [2.45, 2.75) is 31.8 Å². The van der Waals surface area contributed by atoms with Gasteiger partial charge < -0.3 is 5.32 Å². The first kappa shape index (κ1) is 13.6. The SMILES string of the molecule is C[C@@H](NC1Cc2ccc(Cl)cc2C1)c1ccccc1F. The maximum Gasteiger partial charge on any atom is 0.127 e. The quantitative estimate of drug-likeness (QED) is 0.888. The van der Waals surface area contributed by atoms with E-state index in [1.165, 1.54) is 17.2 Å². The van der Waals surface area contributed by atoms with E-state index in [9.17, 15) is 4.39 Å². The van der Waals surface area contributed by atoms with Crippen molar-refractivity contribution >= 4 is 11.6 Å². The summed E-state index contributed by atoms with van der Waals surface area (Å²) in [6.45, 7) is 2.01. The third-order valence-electron chi connectivity index (χ3n) is 3.96. The Labute approximate surface area is 123 Å². The van der Waals surface area contributed by atoms with Crippen molar-refractivity contribution in [1.29, 1.82) is 0 Å². The maximum absolute atomic E-state index is 13.8. The van der Waals surface area contributed by atoms with Gasteiger partial charge in [0, 0.05) is 22.7 Å². The lowest BCUT2D eigenvalue weighted by Gasteiger charge is -2.20. The third-order valence-corrected chi connectivity index (χ3v) is 4.19. The lowest BCUT2D eigenvalue weighted by molar-refractivity contribution is 0.452. The number of benzene rings is 2. The van der Waals surface area contributed by atoms with Gasteiger partial charge in [-0.2, -0.15) is 0 Å². The Morgan fingerprint density at radius 1 is 1.15 bits per heavy atom. The van der Waals surface area contributed by atoms with Crippen LogP contribution in [0, 0.1) is 5.82 Å². The summed E-state index contributed by atoms with van der Waals surface area (Å²) in [5, 5.41) is 4.30. The van der Waals surface area contributed by atoms with Crippen molar-refractivity contribution in [3.05, 3.63) is 70.0 Å². The standard InChI is InChI=1S/C17H17ClFN/c1-11(16-4-2-3-5-17(16)19)20-15-9-12-6-7-14(18)8-13(12)10-15/h2-8,11,15,20H,9-10H2,1H3/t11-,15?/m1/s1. The molecule has 0 aromatic heterocycles. The fourth-order valence-electron chi connectivity index (χ4n) is 2.97. The van der Waals surface area contributed by atoms with Gasteiger partial charge in [-0.15, -0.1) is 0 Å². The zero-order valence-corrected chi connectivity index (χ0v) is 12.1. The minimum Gasteiger partial charge on any atom is -0.307 e. The second-order valence-corrected chi connectivity index (χ2v) is 5.86. The maximum atomic E-state index is 13.8. The normalized spacial score (nSPS) is 18.9. The fraction of sp³-hybridized carbons (Fsp3) is 0.294. The summed E-state index contributed by atoms with van der Waals surface area (Å²) in [5.41, 5.74) is 3.37. The van der Waals surface area contributed by atoms with E-state index in [4.69, 9.17) is 11.6 Å². The van der Waals surface area contributed by atoms with Crippen LogP contribution >= 0.6 is 11.6 Å². The summed E-state index contributed by atoms with van der Waals surface area (Å²) >= 11 is 6.02. The monoisotopic (exact) mass is 289 g/mol. The molecule has 0 saturated heterocycles. The summed E-state index contributed by atoms with van der Waals surface area (Å²) in [6, 6.07) is 13.4. The number of halogens is 2. The molecule has 0 aliphatic heterocycles. The highest BCUT2D eigenvalue weighted by atomic mass is 35.5. The van der Waals surface area contributed by atoms with Crippen molar-refractivity contribution < 1.29 is 4.39 Å². The Kier molecular flexibility index (Phi) is 3.77. The van der Waals surface area contributed by atoms with Gasteiger partial charge in [-0.05, 0) is 49.1 Å². The zero-order valence-electron chi connectivity index (χ0n) is 11.4. The molecule has 2 atom stereocenters. The molecule has 0 bridgehead atoms. The fourth-order valence-corrected chi connectivity index (χ4v) is 3.17. The van der Waals surface area contributed by atoms with Crippen LogP contribution in [0.5, 0.6) is 0 Å². The lowest BCUT2D eigenvalue weighted by atomic mass is 10.1. The van der Waals surface area contributed by atoms with Gasteiger partial charge in [0.15, 0.2) is 0 Å². The van der Waals surface area contributed by atoms with E-state index in [0.717, 1.165) is 23.4 Å². The molecule has 0 spiro atoms. The lowest BCUT2D eigenvalue weighted by Crippen LogP contribution is -2.32. The first-order valence-corrected chi connectivity index (χ1v) is 7.29. The zero-order chi connectivity index (χ0) is 14.1. The van der Waals surface area contributed by atoms with E-state index in [1.54, 1.807) is 6.07 Å². The predicted molar refractivity (Wildman–Crippen MR) is 80.6 cm³/mol. The smallest absolute Gasteiger partial charge is 0.127 e. The molecule has 0 radical (unpaired) electrons. The van der Waals surface area contributed by atoms with Crippen LogP contribution in [0.2, 0.25) is 5.02 Å². The van der Waals surface area contributed by atoms with E-state index >= 15 is 0 Å². The van der Waals surface area contributed by atoms with Gasteiger partial charge in [-0.1, -0.05) is 35.9 Å². The van der Waals surface area contributed by atoms with Crippen LogP contribution in [0.25, 0.3) is 0 Å². The number of hydrogen-bond donors (Lipinski definition) is 1. The number of nitrogens with one attached hydrogen (secondary N) is 1. The minimum atomic E-state index is -0.147. The molecule has 1 aliphatic carbocycles. The number of hydrogen-bond acceptors (Lipinski definition) is 1. The molecule has 2 aromatic rings. The van der Waals surface area contributed by atoms with Gasteiger partial charge in [0.05, 0.1) is 0 Å². The van der Waals surface area contributed by atoms with Crippen molar-refractivity contribution in [1.82, 2.24) is 5.32 Å². The Balaban J connectivity index is 1.70. The molecule has 0 fully saturated rings. The molecule has 1 nitrogen and oxygen atoms in total. The highest BCUT2D eigenvalue weighted by molar-refractivity contribution is 6.30. The Bertz CT molecular complexity index is 626. The van der Waals surface area contributed by atoms with Crippen LogP contribution in [0.3, 0.4) is 0 Å². The second-order valence-electron chi connectivity index (χ2n) is 5.43. The first-order chi connectivity index (χ1) is 9.63. The van der Waals surface area contributed by atoms with Gasteiger partial charge in [-0.25, -0.2) is 4.39 Å². The number of fused-ring (bicyclic) bond motifs is 1. The molecule has 1 N–H and O–H groups in total. The van der Waals surface area contributed by atoms with Gasteiger partial charge in [0.25, 0.3) is 0 Å². The average Bonchev–Trinajstić information content (AvgIpc) is 2.80. The van der Waals surface area contributed by atoms with Crippen molar-refractivity contribution in [2.75, 3.05) is 0 Å².